The van der Waals surface area contributed by atoms with Crippen molar-refractivity contribution in [3.05, 3.63) is 72.9 Å². The van der Waals surface area contributed by atoms with Gasteiger partial charge in [-0.1, -0.05) is 37.6 Å². The molecular weight excluding hydrogens is 416 g/mol. The molecule has 0 unspecified atom stereocenters. The highest BCUT2D eigenvalue weighted by molar-refractivity contribution is 5.94. The first-order chi connectivity index (χ1) is 15.8. The predicted molar refractivity (Wildman–Crippen MR) is 131 cm³/mol. The lowest BCUT2D eigenvalue weighted by molar-refractivity contribution is -0.136. The van der Waals surface area contributed by atoms with Crippen LogP contribution in [0, 0.1) is 12.8 Å². The van der Waals surface area contributed by atoms with E-state index in [1.165, 1.54) is 4.90 Å². The van der Waals surface area contributed by atoms with Gasteiger partial charge in [0.2, 0.25) is 17.8 Å². The second kappa shape index (κ2) is 10.6. The molecule has 33 heavy (non-hydrogen) atoms. The Kier molecular flexibility index (Phi) is 7.66. The number of methoxy groups -OCH3 is 1. The maximum absolute atomic E-state index is 12.9. The monoisotopic (exact) mass is 446 g/mol. The number of rotatable bonds is 9. The lowest BCUT2D eigenvalue weighted by Gasteiger charge is -2.22. The average Bonchev–Trinajstić information content (AvgIpc) is 3.22. The molecular formula is C26H30N4O3. The Hall–Kier alpha value is -3.87. The van der Waals surface area contributed by atoms with Crippen LogP contribution in [0.2, 0.25) is 0 Å². The molecule has 0 saturated carbocycles. The van der Waals surface area contributed by atoms with Crippen molar-refractivity contribution in [2.45, 2.75) is 20.8 Å². The van der Waals surface area contributed by atoms with E-state index in [4.69, 9.17) is 4.74 Å². The highest BCUT2D eigenvalue weighted by Gasteiger charge is 2.20. The van der Waals surface area contributed by atoms with Gasteiger partial charge in [0.1, 0.15) is 12.3 Å². The third-order valence-electron chi connectivity index (χ3n) is 5.14. The van der Waals surface area contributed by atoms with Gasteiger partial charge in [-0.05, 0) is 43.3 Å². The molecule has 0 saturated heterocycles. The van der Waals surface area contributed by atoms with Crippen LogP contribution >= 0.6 is 0 Å². The van der Waals surface area contributed by atoms with Crippen LogP contribution in [0.5, 0.6) is 5.75 Å². The number of amides is 2. The third-order valence-corrected chi connectivity index (χ3v) is 5.14. The molecule has 0 fully saturated rings. The smallest absolute Gasteiger partial charge is 0.246 e. The number of nitrogens with one attached hydrogen (secondary N) is 1. The lowest BCUT2D eigenvalue weighted by Crippen LogP contribution is -2.40. The van der Waals surface area contributed by atoms with E-state index >= 15 is 0 Å². The van der Waals surface area contributed by atoms with Crippen molar-refractivity contribution in [3.63, 3.8) is 0 Å². The number of carbonyl (C=O) groups excluding carboxylic acids is 2. The Morgan fingerprint density at radius 1 is 1.15 bits per heavy atom. The summed E-state index contributed by atoms with van der Waals surface area (Å²) in [5, 5.41) is 2.88. The highest BCUT2D eigenvalue weighted by atomic mass is 16.5. The van der Waals surface area contributed by atoms with Crippen LogP contribution in [0.15, 0.2) is 67.4 Å². The Balaban J connectivity index is 1.92. The molecule has 0 spiro atoms. The summed E-state index contributed by atoms with van der Waals surface area (Å²) in [6, 6.07) is 15.5. The van der Waals surface area contributed by atoms with Gasteiger partial charge in [0.05, 0.1) is 12.8 Å². The maximum atomic E-state index is 12.9. The normalized spacial score (nSPS) is 10.7. The van der Waals surface area contributed by atoms with Crippen molar-refractivity contribution in [2.75, 3.05) is 25.5 Å². The summed E-state index contributed by atoms with van der Waals surface area (Å²) >= 11 is 0. The molecule has 7 heteroatoms. The minimum absolute atomic E-state index is 0.0817. The van der Waals surface area contributed by atoms with E-state index in [0.717, 1.165) is 22.6 Å². The van der Waals surface area contributed by atoms with Gasteiger partial charge >= 0.3 is 0 Å². The molecule has 0 aliphatic rings. The van der Waals surface area contributed by atoms with Crippen LogP contribution in [0.25, 0.3) is 16.9 Å². The Bertz CT molecular complexity index is 1120. The van der Waals surface area contributed by atoms with E-state index < -0.39 is 0 Å². The summed E-state index contributed by atoms with van der Waals surface area (Å²) < 4.78 is 7.07. The number of hydrogen-bond donors (Lipinski definition) is 1. The minimum Gasteiger partial charge on any atom is -0.497 e. The second-order valence-electron chi connectivity index (χ2n) is 8.09. The minimum atomic E-state index is -0.328. The van der Waals surface area contributed by atoms with Crippen LogP contribution in [-0.2, 0) is 9.59 Å². The lowest BCUT2D eigenvalue weighted by atomic mass is 10.1. The predicted octanol–water partition coefficient (Wildman–Crippen LogP) is 4.47. The van der Waals surface area contributed by atoms with Gasteiger partial charge in [-0.2, -0.15) is 0 Å². The number of benzene rings is 2. The van der Waals surface area contributed by atoms with Crippen LogP contribution in [0.3, 0.4) is 0 Å². The van der Waals surface area contributed by atoms with Crippen LogP contribution in [0.4, 0.5) is 5.95 Å². The summed E-state index contributed by atoms with van der Waals surface area (Å²) in [6.07, 6.45) is 3.49. The molecule has 2 aromatic carbocycles. The van der Waals surface area contributed by atoms with Crippen molar-refractivity contribution < 1.29 is 14.3 Å². The van der Waals surface area contributed by atoms with Gasteiger partial charge in [0, 0.05) is 29.9 Å². The number of carbonyl (C=O) groups is 2. The fourth-order valence-electron chi connectivity index (χ4n) is 3.36. The highest BCUT2D eigenvalue weighted by Crippen LogP contribution is 2.26. The fraction of sp³-hybridized carbons (Fsp3) is 0.269. The van der Waals surface area contributed by atoms with Gasteiger partial charge in [0.25, 0.3) is 0 Å². The molecule has 0 aliphatic heterocycles. The first-order valence-electron chi connectivity index (χ1n) is 10.8. The first-order valence-corrected chi connectivity index (χ1v) is 10.8. The van der Waals surface area contributed by atoms with Crippen molar-refractivity contribution in [1.82, 2.24) is 14.5 Å². The molecule has 0 radical (unpaired) electrons. The Labute approximate surface area is 194 Å². The average molecular weight is 447 g/mol. The zero-order valence-electron chi connectivity index (χ0n) is 19.5. The number of aryl methyl sites for hydroxylation is 1. The van der Waals surface area contributed by atoms with Crippen molar-refractivity contribution in [2.24, 2.45) is 5.92 Å². The summed E-state index contributed by atoms with van der Waals surface area (Å²) in [5.74, 6) is 0.485. The number of anilines is 1. The van der Waals surface area contributed by atoms with Crippen molar-refractivity contribution in [3.8, 4) is 22.7 Å². The van der Waals surface area contributed by atoms with E-state index in [0.29, 0.717) is 18.2 Å². The molecule has 7 nitrogen and oxygen atoms in total. The molecule has 1 N–H and O–H groups in total. The van der Waals surface area contributed by atoms with Gasteiger partial charge in [-0.3, -0.25) is 19.5 Å². The Morgan fingerprint density at radius 3 is 2.39 bits per heavy atom. The largest absolute Gasteiger partial charge is 0.497 e. The number of imidazole rings is 1. The Morgan fingerprint density at radius 2 is 1.82 bits per heavy atom. The summed E-state index contributed by atoms with van der Waals surface area (Å²) in [5.41, 5.74) is 3.59. The number of nitrogens with zero attached hydrogens (tertiary/aromatic N) is 3. The molecule has 0 bridgehead atoms. The van der Waals surface area contributed by atoms with E-state index in [2.05, 4.69) is 16.9 Å². The van der Waals surface area contributed by atoms with E-state index in [1.54, 1.807) is 13.2 Å². The molecule has 3 rings (SSSR count). The van der Waals surface area contributed by atoms with Crippen molar-refractivity contribution in [1.29, 1.82) is 0 Å². The molecule has 1 heterocycles. The molecule has 0 atom stereocenters. The van der Waals surface area contributed by atoms with Crippen molar-refractivity contribution >= 4 is 17.8 Å². The molecule has 1 aromatic heterocycles. The molecule has 2 amide bonds. The van der Waals surface area contributed by atoms with Crippen LogP contribution in [0.1, 0.15) is 19.4 Å². The van der Waals surface area contributed by atoms with Crippen LogP contribution < -0.4 is 10.1 Å². The summed E-state index contributed by atoms with van der Waals surface area (Å²) in [4.78, 5) is 31.5. The van der Waals surface area contributed by atoms with Gasteiger partial charge < -0.3 is 9.64 Å². The fourth-order valence-corrected chi connectivity index (χ4v) is 3.36. The quantitative estimate of drug-likeness (QED) is 0.492. The van der Waals surface area contributed by atoms with E-state index in [-0.39, 0.29) is 24.3 Å². The van der Waals surface area contributed by atoms with Gasteiger partial charge in [-0.25, -0.2) is 4.98 Å². The zero-order valence-corrected chi connectivity index (χ0v) is 19.5. The second-order valence-corrected chi connectivity index (χ2v) is 8.09. The standard InChI is InChI=1S/C26H30N4O3/c1-6-15-29(25(32)18(2)3)17-24(31)28-26-27-23(20-9-13-22(33-5)14-10-20)16-30(26)21-11-7-19(4)8-12-21/h6-14,16,18H,1,15,17H2,2-5H3,(H,27,28,31). The number of aromatic nitrogens is 2. The van der Waals surface area contributed by atoms with Gasteiger partial charge in [0.15, 0.2) is 0 Å². The topological polar surface area (TPSA) is 76.5 Å². The van der Waals surface area contributed by atoms with Crippen LogP contribution in [-0.4, -0.2) is 46.5 Å². The third kappa shape index (κ3) is 5.88. The van der Waals surface area contributed by atoms with E-state index in [9.17, 15) is 9.59 Å². The molecule has 0 aliphatic carbocycles. The number of hydrogen-bond acceptors (Lipinski definition) is 4. The summed E-state index contributed by atoms with van der Waals surface area (Å²) in [6.45, 7) is 9.54. The molecule has 172 valence electrons. The molecule has 3 aromatic rings. The summed E-state index contributed by atoms with van der Waals surface area (Å²) in [7, 11) is 1.62. The maximum Gasteiger partial charge on any atom is 0.246 e. The SMILES string of the molecule is C=CCN(CC(=O)Nc1nc(-c2ccc(OC)cc2)cn1-c1ccc(C)cc1)C(=O)C(C)C. The van der Waals surface area contributed by atoms with E-state index in [1.807, 2.05) is 80.1 Å². The number of ether oxygens (including phenoxy) is 1. The first kappa shape index (κ1) is 23.8. The zero-order chi connectivity index (χ0) is 24.0. The van der Waals surface area contributed by atoms with Gasteiger partial charge in [-0.15, -0.1) is 6.58 Å².